The van der Waals surface area contributed by atoms with Crippen molar-refractivity contribution in [3.8, 4) is 0 Å². The number of benzene rings is 1. The lowest BCUT2D eigenvalue weighted by atomic mass is 10.1. The Labute approximate surface area is 89.2 Å². The maximum atomic E-state index is 11.3. The zero-order valence-electron chi connectivity index (χ0n) is 7.49. The van der Waals surface area contributed by atoms with Crippen LogP contribution in [-0.2, 0) is 0 Å². The number of halogens is 1. The molecule has 0 amide bonds. The van der Waals surface area contributed by atoms with E-state index in [0.29, 0.717) is 4.47 Å². The summed E-state index contributed by atoms with van der Waals surface area (Å²) in [6, 6.07) is 4.42. The van der Waals surface area contributed by atoms with Gasteiger partial charge in [-0.1, -0.05) is 22.9 Å². The molecule has 0 fully saturated rings. The van der Waals surface area contributed by atoms with Gasteiger partial charge in [0.2, 0.25) is 0 Å². The molecular formula is C9H8BrNO3. The van der Waals surface area contributed by atoms with Crippen molar-refractivity contribution in [2.75, 3.05) is 0 Å². The van der Waals surface area contributed by atoms with Gasteiger partial charge in [0.05, 0.1) is 10.5 Å². The van der Waals surface area contributed by atoms with Crippen molar-refractivity contribution >= 4 is 27.4 Å². The van der Waals surface area contributed by atoms with Crippen LogP contribution in [0.1, 0.15) is 23.7 Å². The van der Waals surface area contributed by atoms with Crippen LogP contribution in [0.3, 0.4) is 0 Å². The third kappa shape index (κ3) is 2.17. The Morgan fingerprint density at radius 2 is 2.21 bits per heavy atom. The molecule has 0 aromatic heterocycles. The Balaban J connectivity index is 3.28. The molecule has 1 aromatic rings. The zero-order valence-corrected chi connectivity index (χ0v) is 9.08. The first kappa shape index (κ1) is 10.8. The van der Waals surface area contributed by atoms with Crippen molar-refractivity contribution in [3.05, 3.63) is 38.3 Å². The monoisotopic (exact) mass is 257 g/mol. The molecule has 0 N–H and O–H groups in total. The summed E-state index contributed by atoms with van der Waals surface area (Å²) in [5.74, 6) is -0.218. The number of hydrogen-bond donors (Lipinski definition) is 0. The molecule has 0 atom stereocenters. The third-order valence-electron chi connectivity index (χ3n) is 1.78. The number of nitro benzene ring substituents is 1. The summed E-state index contributed by atoms with van der Waals surface area (Å²) in [5, 5.41) is 10.6. The molecule has 1 rings (SSSR count). The lowest BCUT2D eigenvalue weighted by Crippen LogP contribution is -2.02. The van der Waals surface area contributed by atoms with E-state index in [1.54, 1.807) is 13.0 Å². The molecule has 0 unspecified atom stereocenters. The Bertz CT molecular complexity index is 390. The highest BCUT2D eigenvalue weighted by Gasteiger charge is 2.18. The number of rotatable bonds is 3. The van der Waals surface area contributed by atoms with Crippen LogP contribution in [0.25, 0.3) is 0 Å². The Hall–Kier alpha value is -1.23. The van der Waals surface area contributed by atoms with Gasteiger partial charge in [-0.05, 0) is 12.1 Å². The smallest absolute Gasteiger partial charge is 0.281 e. The lowest BCUT2D eigenvalue weighted by Gasteiger charge is -2.00. The van der Waals surface area contributed by atoms with Crippen LogP contribution in [0, 0.1) is 10.1 Å². The van der Waals surface area contributed by atoms with E-state index in [4.69, 9.17) is 0 Å². The van der Waals surface area contributed by atoms with Crippen LogP contribution in [0.15, 0.2) is 22.7 Å². The molecule has 0 spiro atoms. The highest BCUT2D eigenvalue weighted by Crippen LogP contribution is 2.24. The summed E-state index contributed by atoms with van der Waals surface area (Å²) in [6.07, 6.45) is 0.266. The summed E-state index contributed by atoms with van der Waals surface area (Å²) >= 11 is 3.12. The van der Waals surface area contributed by atoms with Crippen LogP contribution in [0.5, 0.6) is 0 Å². The predicted molar refractivity (Wildman–Crippen MR) is 55.4 cm³/mol. The summed E-state index contributed by atoms with van der Waals surface area (Å²) in [6.45, 7) is 1.67. The maximum absolute atomic E-state index is 11.3. The fraction of sp³-hybridized carbons (Fsp3) is 0.222. The van der Waals surface area contributed by atoms with Gasteiger partial charge in [0.25, 0.3) is 5.69 Å². The van der Waals surface area contributed by atoms with Crippen molar-refractivity contribution in [1.82, 2.24) is 0 Å². The van der Waals surface area contributed by atoms with Crippen molar-refractivity contribution < 1.29 is 9.72 Å². The van der Waals surface area contributed by atoms with Gasteiger partial charge in [-0.2, -0.15) is 0 Å². The number of hydrogen-bond acceptors (Lipinski definition) is 3. The van der Waals surface area contributed by atoms with Gasteiger partial charge in [-0.15, -0.1) is 0 Å². The second-order valence-corrected chi connectivity index (χ2v) is 3.61. The molecule has 74 valence electrons. The average molecular weight is 258 g/mol. The minimum Gasteiger partial charge on any atom is -0.294 e. The summed E-state index contributed by atoms with van der Waals surface area (Å²) < 4.78 is 0.594. The van der Waals surface area contributed by atoms with Gasteiger partial charge in [0.1, 0.15) is 0 Å². The van der Waals surface area contributed by atoms with E-state index in [2.05, 4.69) is 15.9 Å². The van der Waals surface area contributed by atoms with Gasteiger partial charge in [-0.25, -0.2) is 0 Å². The molecule has 0 aliphatic heterocycles. The van der Waals surface area contributed by atoms with E-state index in [9.17, 15) is 14.9 Å². The Morgan fingerprint density at radius 3 is 2.71 bits per heavy atom. The van der Waals surface area contributed by atoms with Crippen LogP contribution >= 0.6 is 15.9 Å². The number of nitro groups is 1. The second-order valence-electron chi connectivity index (χ2n) is 2.70. The average Bonchev–Trinajstić information content (AvgIpc) is 2.16. The van der Waals surface area contributed by atoms with Gasteiger partial charge >= 0.3 is 0 Å². The number of carbonyl (C=O) groups is 1. The van der Waals surface area contributed by atoms with Gasteiger partial charge in [-0.3, -0.25) is 14.9 Å². The molecule has 4 nitrogen and oxygen atoms in total. The number of Topliss-reactive ketones (excluding diaryl/α,β-unsaturated/α-hetero) is 1. The fourth-order valence-electron chi connectivity index (χ4n) is 1.08. The molecule has 0 aliphatic rings. The fourth-order valence-corrected chi connectivity index (χ4v) is 1.43. The minimum atomic E-state index is -0.548. The topological polar surface area (TPSA) is 60.2 Å². The van der Waals surface area contributed by atoms with Crippen LogP contribution in [0.4, 0.5) is 5.69 Å². The first-order chi connectivity index (χ1) is 6.56. The molecule has 0 bridgehead atoms. The van der Waals surface area contributed by atoms with Crippen molar-refractivity contribution in [1.29, 1.82) is 0 Å². The Morgan fingerprint density at radius 1 is 1.57 bits per heavy atom. The van der Waals surface area contributed by atoms with Gasteiger partial charge < -0.3 is 0 Å². The molecule has 5 heteroatoms. The molecule has 0 radical (unpaired) electrons. The summed E-state index contributed by atoms with van der Waals surface area (Å²) in [7, 11) is 0. The second kappa shape index (κ2) is 4.32. The van der Waals surface area contributed by atoms with Crippen molar-refractivity contribution in [3.63, 3.8) is 0 Å². The zero-order chi connectivity index (χ0) is 10.7. The molecular weight excluding hydrogens is 250 g/mol. The van der Waals surface area contributed by atoms with Gasteiger partial charge in [0, 0.05) is 17.0 Å². The molecule has 0 saturated heterocycles. The van der Waals surface area contributed by atoms with Gasteiger partial charge in [0.15, 0.2) is 5.78 Å². The first-order valence-electron chi connectivity index (χ1n) is 4.03. The standard InChI is InChI=1S/C9H8BrNO3/c1-2-9(12)7-4-3-6(10)5-8(7)11(13)14/h3-5H,2H2,1H3. The first-order valence-corrected chi connectivity index (χ1v) is 4.82. The molecule has 0 saturated carbocycles. The highest BCUT2D eigenvalue weighted by atomic mass is 79.9. The number of carbonyl (C=O) groups excluding carboxylic acids is 1. The van der Waals surface area contributed by atoms with E-state index in [-0.39, 0.29) is 23.5 Å². The van der Waals surface area contributed by atoms with E-state index in [1.165, 1.54) is 12.1 Å². The molecule has 14 heavy (non-hydrogen) atoms. The normalized spacial score (nSPS) is 9.86. The predicted octanol–water partition coefficient (Wildman–Crippen LogP) is 2.95. The molecule has 0 heterocycles. The van der Waals surface area contributed by atoms with E-state index < -0.39 is 4.92 Å². The SMILES string of the molecule is CCC(=O)c1ccc(Br)cc1[N+](=O)[O-]. The Kier molecular flexibility index (Phi) is 3.35. The largest absolute Gasteiger partial charge is 0.294 e. The maximum Gasteiger partial charge on any atom is 0.281 e. The molecule has 0 aliphatic carbocycles. The number of ketones is 1. The highest BCUT2D eigenvalue weighted by molar-refractivity contribution is 9.10. The van der Waals surface area contributed by atoms with Crippen LogP contribution < -0.4 is 0 Å². The van der Waals surface area contributed by atoms with E-state index in [1.807, 2.05) is 0 Å². The van der Waals surface area contributed by atoms with Crippen molar-refractivity contribution in [2.24, 2.45) is 0 Å². The lowest BCUT2D eigenvalue weighted by molar-refractivity contribution is -0.385. The minimum absolute atomic E-state index is 0.147. The van der Waals surface area contributed by atoms with E-state index in [0.717, 1.165) is 0 Å². The van der Waals surface area contributed by atoms with Crippen LogP contribution in [-0.4, -0.2) is 10.7 Å². The summed E-state index contributed by atoms with van der Waals surface area (Å²) in [5.41, 5.74) is 0.0203. The van der Waals surface area contributed by atoms with E-state index >= 15 is 0 Å². The third-order valence-corrected chi connectivity index (χ3v) is 2.27. The number of nitrogens with zero attached hydrogens (tertiary/aromatic N) is 1. The molecule has 1 aromatic carbocycles. The quantitative estimate of drug-likeness (QED) is 0.475. The summed E-state index contributed by atoms with van der Waals surface area (Å²) in [4.78, 5) is 21.4. The van der Waals surface area contributed by atoms with Crippen molar-refractivity contribution in [2.45, 2.75) is 13.3 Å². The van der Waals surface area contributed by atoms with Crippen LogP contribution in [0.2, 0.25) is 0 Å².